The number of likely N-dealkylation sites (tertiary alicyclic amines) is 1. The predicted molar refractivity (Wildman–Crippen MR) is 116 cm³/mol. The minimum atomic E-state index is 0.533. The summed E-state index contributed by atoms with van der Waals surface area (Å²) in [6, 6.07) is 10.3. The Morgan fingerprint density at radius 3 is 2.54 bits per heavy atom. The third kappa shape index (κ3) is 4.60. The molecule has 1 aromatic heterocycles. The number of hydrogen-bond donors (Lipinski definition) is 0. The van der Waals surface area contributed by atoms with Crippen LogP contribution in [0.5, 0.6) is 0 Å². The van der Waals surface area contributed by atoms with Crippen molar-refractivity contribution in [3.05, 3.63) is 40.4 Å². The summed E-state index contributed by atoms with van der Waals surface area (Å²) in [5.74, 6) is 0.950. The summed E-state index contributed by atoms with van der Waals surface area (Å²) >= 11 is 12.1. The van der Waals surface area contributed by atoms with E-state index >= 15 is 0 Å². The van der Waals surface area contributed by atoms with Crippen LogP contribution < -0.4 is 4.90 Å². The van der Waals surface area contributed by atoms with E-state index in [-0.39, 0.29) is 0 Å². The van der Waals surface area contributed by atoms with Crippen LogP contribution in [0.2, 0.25) is 10.0 Å². The van der Waals surface area contributed by atoms with Crippen LogP contribution in [0.25, 0.3) is 11.3 Å². The van der Waals surface area contributed by atoms with E-state index in [2.05, 4.69) is 38.0 Å². The number of anilines is 1. The highest BCUT2D eigenvalue weighted by Gasteiger charge is 2.26. The van der Waals surface area contributed by atoms with Crippen molar-refractivity contribution in [1.82, 2.24) is 20.0 Å². The molecule has 0 spiro atoms. The molecule has 2 fully saturated rings. The summed E-state index contributed by atoms with van der Waals surface area (Å²) in [6.07, 6.45) is 3.79. The molecule has 0 N–H and O–H groups in total. The van der Waals surface area contributed by atoms with E-state index in [4.69, 9.17) is 23.2 Å². The monoisotopic (exact) mass is 419 g/mol. The highest BCUT2D eigenvalue weighted by atomic mass is 35.5. The molecule has 0 saturated carbocycles. The van der Waals surface area contributed by atoms with Gasteiger partial charge in [-0.25, -0.2) is 0 Å². The van der Waals surface area contributed by atoms with Gasteiger partial charge in [-0.15, -0.1) is 10.2 Å². The predicted octanol–water partition coefficient (Wildman–Crippen LogP) is 4.06. The highest BCUT2D eigenvalue weighted by molar-refractivity contribution is 6.42. The van der Waals surface area contributed by atoms with E-state index in [1.165, 1.54) is 32.5 Å². The molecule has 2 aliphatic heterocycles. The van der Waals surface area contributed by atoms with Gasteiger partial charge in [0.1, 0.15) is 0 Å². The zero-order valence-corrected chi connectivity index (χ0v) is 17.8. The Balaban J connectivity index is 1.41. The topological polar surface area (TPSA) is 35.5 Å². The lowest BCUT2D eigenvalue weighted by molar-refractivity contribution is 0.118. The molecule has 2 aliphatic rings. The van der Waals surface area contributed by atoms with Crippen molar-refractivity contribution in [3.8, 4) is 11.3 Å². The SMILES string of the molecule is CN1CCCC(N2CCCN(c3ccc(-c4ccc(Cl)c(Cl)c4)nn3)CC2)C1. The number of aromatic nitrogens is 2. The second kappa shape index (κ2) is 8.95. The van der Waals surface area contributed by atoms with Gasteiger partial charge in [0.2, 0.25) is 0 Å². The van der Waals surface area contributed by atoms with Crippen LogP contribution >= 0.6 is 23.2 Å². The average molecular weight is 420 g/mol. The standard InChI is InChI=1S/C21H27Cl2N5/c1-26-9-2-4-17(15-26)27-10-3-11-28(13-12-27)21-8-7-20(24-25-21)16-5-6-18(22)19(23)14-16/h5-8,14,17H,2-4,9-13,15H2,1H3. The quantitative estimate of drug-likeness (QED) is 0.749. The second-order valence-electron chi connectivity index (χ2n) is 7.84. The van der Waals surface area contributed by atoms with E-state index in [0.29, 0.717) is 16.1 Å². The summed E-state index contributed by atoms with van der Waals surface area (Å²) < 4.78 is 0. The molecule has 0 aliphatic carbocycles. The molecule has 1 aromatic carbocycles. The number of benzene rings is 1. The van der Waals surface area contributed by atoms with Gasteiger partial charge in [0.25, 0.3) is 0 Å². The Morgan fingerprint density at radius 2 is 1.79 bits per heavy atom. The molecule has 0 radical (unpaired) electrons. The van der Waals surface area contributed by atoms with Gasteiger partial charge in [-0.2, -0.15) is 0 Å². The maximum absolute atomic E-state index is 6.13. The Kier molecular flexibility index (Phi) is 6.36. The second-order valence-corrected chi connectivity index (χ2v) is 8.65. The number of likely N-dealkylation sites (N-methyl/N-ethyl adjacent to an activating group) is 1. The maximum atomic E-state index is 6.13. The molecule has 3 heterocycles. The molecule has 150 valence electrons. The summed E-state index contributed by atoms with van der Waals surface area (Å²) in [4.78, 5) is 7.50. The fourth-order valence-electron chi connectivity index (χ4n) is 4.27. The first-order valence-electron chi connectivity index (χ1n) is 10.1. The van der Waals surface area contributed by atoms with Crippen molar-refractivity contribution >= 4 is 29.0 Å². The number of nitrogens with zero attached hydrogens (tertiary/aromatic N) is 5. The first kappa shape index (κ1) is 19.9. The lowest BCUT2D eigenvalue weighted by Crippen LogP contribution is -2.47. The average Bonchev–Trinajstić information content (AvgIpc) is 2.97. The van der Waals surface area contributed by atoms with Crippen molar-refractivity contribution < 1.29 is 0 Å². The van der Waals surface area contributed by atoms with Gasteiger partial charge in [-0.05, 0) is 57.1 Å². The van der Waals surface area contributed by atoms with Gasteiger partial charge in [0.05, 0.1) is 15.7 Å². The molecule has 0 bridgehead atoms. The van der Waals surface area contributed by atoms with Crippen LogP contribution in [-0.2, 0) is 0 Å². The molecule has 4 rings (SSSR count). The molecule has 28 heavy (non-hydrogen) atoms. The zero-order valence-electron chi connectivity index (χ0n) is 16.3. The largest absolute Gasteiger partial charge is 0.354 e. The van der Waals surface area contributed by atoms with E-state index < -0.39 is 0 Å². The number of rotatable bonds is 3. The van der Waals surface area contributed by atoms with Crippen molar-refractivity contribution in [2.24, 2.45) is 0 Å². The van der Waals surface area contributed by atoms with Crippen LogP contribution in [0.1, 0.15) is 19.3 Å². The van der Waals surface area contributed by atoms with Gasteiger partial charge in [0.15, 0.2) is 5.82 Å². The van der Waals surface area contributed by atoms with Crippen LogP contribution in [-0.4, -0.2) is 72.4 Å². The Bertz CT molecular complexity index is 798. The van der Waals surface area contributed by atoms with Crippen molar-refractivity contribution in [1.29, 1.82) is 0 Å². The van der Waals surface area contributed by atoms with Crippen LogP contribution in [0.3, 0.4) is 0 Å². The molecule has 0 amide bonds. The molecular weight excluding hydrogens is 393 g/mol. The number of hydrogen-bond acceptors (Lipinski definition) is 5. The number of piperidine rings is 1. The molecule has 1 atom stereocenters. The molecule has 2 aromatic rings. The summed E-state index contributed by atoms with van der Waals surface area (Å²) in [5.41, 5.74) is 1.74. The van der Waals surface area contributed by atoms with Gasteiger partial charge in [-0.1, -0.05) is 29.3 Å². The highest BCUT2D eigenvalue weighted by Crippen LogP contribution is 2.28. The van der Waals surface area contributed by atoms with Crippen LogP contribution in [0, 0.1) is 0 Å². The molecular formula is C21H27Cl2N5. The summed E-state index contributed by atoms with van der Waals surface area (Å²) in [6.45, 7) is 6.72. The maximum Gasteiger partial charge on any atom is 0.151 e. The fourth-order valence-corrected chi connectivity index (χ4v) is 4.57. The third-order valence-corrected chi connectivity index (χ3v) is 6.58. The fraction of sp³-hybridized carbons (Fsp3) is 0.524. The Hall–Kier alpha value is -1.40. The summed E-state index contributed by atoms with van der Waals surface area (Å²) in [5, 5.41) is 10.0. The summed E-state index contributed by atoms with van der Waals surface area (Å²) in [7, 11) is 2.24. The number of halogens is 2. The minimum absolute atomic E-state index is 0.533. The first-order valence-corrected chi connectivity index (χ1v) is 10.8. The Labute approximate surface area is 177 Å². The van der Waals surface area contributed by atoms with Gasteiger partial charge in [0, 0.05) is 44.3 Å². The van der Waals surface area contributed by atoms with E-state index in [9.17, 15) is 0 Å². The van der Waals surface area contributed by atoms with Crippen molar-refractivity contribution in [3.63, 3.8) is 0 Å². The first-order chi connectivity index (χ1) is 13.6. The van der Waals surface area contributed by atoms with Gasteiger partial charge >= 0.3 is 0 Å². The Morgan fingerprint density at radius 1 is 0.893 bits per heavy atom. The third-order valence-electron chi connectivity index (χ3n) is 5.84. The van der Waals surface area contributed by atoms with E-state index in [1.807, 2.05) is 18.2 Å². The zero-order chi connectivity index (χ0) is 19.5. The van der Waals surface area contributed by atoms with Gasteiger partial charge in [-0.3, -0.25) is 4.90 Å². The smallest absolute Gasteiger partial charge is 0.151 e. The molecule has 7 heteroatoms. The molecule has 5 nitrogen and oxygen atoms in total. The van der Waals surface area contributed by atoms with Crippen molar-refractivity contribution in [2.45, 2.75) is 25.3 Å². The lowest BCUT2D eigenvalue weighted by Gasteiger charge is -2.37. The van der Waals surface area contributed by atoms with E-state index in [0.717, 1.165) is 43.1 Å². The van der Waals surface area contributed by atoms with E-state index in [1.54, 1.807) is 6.07 Å². The van der Waals surface area contributed by atoms with Gasteiger partial charge < -0.3 is 9.80 Å². The van der Waals surface area contributed by atoms with Crippen molar-refractivity contribution in [2.75, 3.05) is 51.2 Å². The minimum Gasteiger partial charge on any atom is -0.354 e. The lowest BCUT2D eigenvalue weighted by atomic mass is 10.0. The normalized spacial score (nSPS) is 22.2. The molecule has 2 saturated heterocycles. The van der Waals surface area contributed by atoms with Crippen LogP contribution in [0.15, 0.2) is 30.3 Å². The van der Waals surface area contributed by atoms with Crippen LogP contribution in [0.4, 0.5) is 5.82 Å². The molecule has 1 unspecified atom stereocenters.